The van der Waals surface area contributed by atoms with E-state index in [1.807, 2.05) is 6.92 Å². The van der Waals surface area contributed by atoms with Crippen LogP contribution in [-0.4, -0.2) is 30.2 Å². The van der Waals surface area contributed by atoms with Crippen molar-refractivity contribution in [2.75, 3.05) is 5.43 Å². The van der Waals surface area contributed by atoms with Gasteiger partial charge in [-0.3, -0.25) is 24.5 Å². The standard InChI is InChI=1S/C15H15N7O4/c1-3-21-11-12(20(2)15(24)18-13(11)23)17-14(21)19-16-8-9-5-4-6-10(7-9)22(25)26/h4-8H,3H2,1-2H3,(H,17,19)(H,18,23,24). The third-order valence-corrected chi connectivity index (χ3v) is 3.78. The predicted molar refractivity (Wildman–Crippen MR) is 95.6 cm³/mol. The molecule has 0 saturated carbocycles. The van der Waals surface area contributed by atoms with Gasteiger partial charge in [-0.1, -0.05) is 12.1 Å². The highest BCUT2D eigenvalue weighted by atomic mass is 16.6. The summed E-state index contributed by atoms with van der Waals surface area (Å²) in [6.07, 6.45) is 1.40. The van der Waals surface area contributed by atoms with E-state index in [4.69, 9.17) is 0 Å². The number of aryl methyl sites for hydroxylation is 2. The maximum absolute atomic E-state index is 12.1. The molecule has 0 aliphatic rings. The van der Waals surface area contributed by atoms with Crippen LogP contribution in [0, 0.1) is 10.1 Å². The number of fused-ring (bicyclic) bond motifs is 1. The van der Waals surface area contributed by atoms with Crippen LogP contribution in [0.2, 0.25) is 0 Å². The first-order valence-corrected chi connectivity index (χ1v) is 7.65. The average molecular weight is 357 g/mol. The predicted octanol–water partition coefficient (Wildman–Crippen LogP) is 0.797. The summed E-state index contributed by atoms with van der Waals surface area (Å²) in [5, 5.41) is 14.8. The Bertz CT molecular complexity index is 1140. The van der Waals surface area contributed by atoms with E-state index in [-0.39, 0.29) is 22.8 Å². The van der Waals surface area contributed by atoms with E-state index < -0.39 is 16.2 Å². The van der Waals surface area contributed by atoms with Gasteiger partial charge in [-0.05, 0) is 6.92 Å². The van der Waals surface area contributed by atoms with Crippen molar-refractivity contribution in [1.29, 1.82) is 0 Å². The monoisotopic (exact) mass is 357 g/mol. The first-order valence-electron chi connectivity index (χ1n) is 7.65. The van der Waals surface area contributed by atoms with Gasteiger partial charge in [-0.25, -0.2) is 10.2 Å². The Morgan fingerprint density at radius 3 is 2.88 bits per heavy atom. The van der Waals surface area contributed by atoms with E-state index in [9.17, 15) is 19.7 Å². The van der Waals surface area contributed by atoms with Crippen LogP contribution >= 0.6 is 0 Å². The Kier molecular flexibility index (Phi) is 4.35. The lowest BCUT2D eigenvalue weighted by Crippen LogP contribution is -2.29. The number of H-pyrrole nitrogens is 1. The molecule has 11 nitrogen and oxygen atoms in total. The summed E-state index contributed by atoms with van der Waals surface area (Å²) in [5.41, 5.74) is 2.58. The van der Waals surface area contributed by atoms with E-state index in [2.05, 4.69) is 20.5 Å². The number of imidazole rings is 1. The minimum atomic E-state index is -0.560. The maximum atomic E-state index is 12.1. The first kappa shape index (κ1) is 17.1. The van der Waals surface area contributed by atoms with Gasteiger partial charge in [0.05, 0.1) is 11.1 Å². The minimum Gasteiger partial charge on any atom is -0.303 e. The topological polar surface area (TPSA) is 140 Å². The summed E-state index contributed by atoms with van der Waals surface area (Å²) in [4.78, 5) is 40.6. The molecule has 0 unspecified atom stereocenters. The van der Waals surface area contributed by atoms with Crippen LogP contribution in [0.5, 0.6) is 0 Å². The molecule has 26 heavy (non-hydrogen) atoms. The van der Waals surface area contributed by atoms with Gasteiger partial charge in [0, 0.05) is 31.3 Å². The number of aromatic amines is 1. The number of nitro benzene ring substituents is 1. The Labute approximate surface area is 145 Å². The zero-order chi connectivity index (χ0) is 18.8. The zero-order valence-corrected chi connectivity index (χ0v) is 14.0. The number of nitrogens with zero attached hydrogens (tertiary/aromatic N) is 5. The number of nitro groups is 1. The molecule has 3 rings (SSSR count). The van der Waals surface area contributed by atoms with Gasteiger partial charge in [-0.2, -0.15) is 10.1 Å². The fourth-order valence-corrected chi connectivity index (χ4v) is 2.51. The van der Waals surface area contributed by atoms with Gasteiger partial charge >= 0.3 is 5.69 Å². The molecule has 11 heteroatoms. The summed E-state index contributed by atoms with van der Waals surface area (Å²) in [6.45, 7) is 2.24. The lowest BCUT2D eigenvalue weighted by molar-refractivity contribution is -0.384. The second kappa shape index (κ2) is 6.63. The fourth-order valence-electron chi connectivity index (χ4n) is 2.51. The number of aromatic nitrogens is 4. The van der Waals surface area contributed by atoms with Crippen molar-refractivity contribution < 1.29 is 4.92 Å². The average Bonchev–Trinajstić information content (AvgIpc) is 2.99. The highest BCUT2D eigenvalue weighted by Crippen LogP contribution is 2.15. The number of nitrogens with one attached hydrogen (secondary N) is 2. The molecule has 2 aromatic heterocycles. The van der Waals surface area contributed by atoms with Crippen LogP contribution < -0.4 is 16.7 Å². The van der Waals surface area contributed by atoms with Crippen molar-refractivity contribution in [3.05, 3.63) is 60.8 Å². The fraction of sp³-hybridized carbons (Fsp3) is 0.200. The van der Waals surface area contributed by atoms with Gasteiger partial charge in [0.2, 0.25) is 5.95 Å². The second-order valence-corrected chi connectivity index (χ2v) is 5.39. The summed E-state index contributed by atoms with van der Waals surface area (Å²) >= 11 is 0. The van der Waals surface area contributed by atoms with Crippen LogP contribution in [0.3, 0.4) is 0 Å². The SMILES string of the molecule is CCn1c(NN=Cc2cccc([N+](=O)[O-])c2)nc2c1c(=O)[nH]c(=O)n2C. The molecule has 0 atom stereocenters. The van der Waals surface area contributed by atoms with E-state index in [1.54, 1.807) is 16.7 Å². The molecule has 0 bridgehead atoms. The Morgan fingerprint density at radius 1 is 1.42 bits per heavy atom. The second-order valence-electron chi connectivity index (χ2n) is 5.39. The Balaban J connectivity index is 1.97. The first-order chi connectivity index (χ1) is 12.4. The Morgan fingerprint density at radius 2 is 2.19 bits per heavy atom. The van der Waals surface area contributed by atoms with E-state index in [0.717, 1.165) is 0 Å². The van der Waals surface area contributed by atoms with E-state index in [0.29, 0.717) is 12.1 Å². The van der Waals surface area contributed by atoms with Gasteiger partial charge < -0.3 is 4.57 Å². The quantitative estimate of drug-likeness (QED) is 0.393. The third-order valence-electron chi connectivity index (χ3n) is 3.78. The number of hydrogen-bond donors (Lipinski definition) is 2. The summed E-state index contributed by atoms with van der Waals surface area (Å²) in [5.74, 6) is 0.274. The zero-order valence-electron chi connectivity index (χ0n) is 14.0. The van der Waals surface area contributed by atoms with Crippen LogP contribution in [0.25, 0.3) is 11.2 Å². The highest BCUT2D eigenvalue weighted by Gasteiger charge is 2.15. The summed E-state index contributed by atoms with van der Waals surface area (Å²) in [7, 11) is 1.50. The number of anilines is 1. The molecule has 2 heterocycles. The van der Waals surface area contributed by atoms with Crippen molar-refractivity contribution in [2.45, 2.75) is 13.5 Å². The molecular weight excluding hydrogens is 342 g/mol. The van der Waals surface area contributed by atoms with Crippen molar-refractivity contribution in [1.82, 2.24) is 19.1 Å². The number of hydrazone groups is 1. The summed E-state index contributed by atoms with van der Waals surface area (Å²) < 4.78 is 2.82. The van der Waals surface area contributed by atoms with Crippen LogP contribution in [0.15, 0.2) is 39.0 Å². The van der Waals surface area contributed by atoms with Crippen LogP contribution in [0.4, 0.5) is 11.6 Å². The molecule has 134 valence electrons. The van der Waals surface area contributed by atoms with Crippen molar-refractivity contribution in [3.63, 3.8) is 0 Å². The van der Waals surface area contributed by atoms with E-state index in [1.165, 1.54) is 30.0 Å². The van der Waals surface area contributed by atoms with Gasteiger partial charge in [0.1, 0.15) is 0 Å². The van der Waals surface area contributed by atoms with Crippen LogP contribution in [-0.2, 0) is 13.6 Å². The van der Waals surface area contributed by atoms with Gasteiger partial charge in [0.25, 0.3) is 11.2 Å². The molecule has 0 spiro atoms. The van der Waals surface area contributed by atoms with Crippen molar-refractivity contribution in [2.24, 2.45) is 12.1 Å². The minimum absolute atomic E-state index is 0.0451. The molecule has 0 aliphatic heterocycles. The normalized spacial score (nSPS) is 11.3. The molecule has 0 amide bonds. The highest BCUT2D eigenvalue weighted by molar-refractivity contribution is 5.81. The van der Waals surface area contributed by atoms with Crippen molar-refractivity contribution in [3.8, 4) is 0 Å². The van der Waals surface area contributed by atoms with Crippen LogP contribution in [0.1, 0.15) is 12.5 Å². The third kappa shape index (κ3) is 2.97. The molecule has 1 aromatic carbocycles. The molecule has 0 fully saturated rings. The van der Waals surface area contributed by atoms with Gasteiger partial charge in [-0.15, -0.1) is 0 Å². The number of non-ortho nitro benzene ring substituents is 1. The number of benzene rings is 1. The van der Waals surface area contributed by atoms with E-state index >= 15 is 0 Å². The smallest absolute Gasteiger partial charge is 0.303 e. The lowest BCUT2D eigenvalue weighted by Gasteiger charge is -2.03. The molecule has 3 aromatic rings. The Hall–Kier alpha value is -3.76. The molecule has 0 radical (unpaired) electrons. The van der Waals surface area contributed by atoms with Gasteiger partial charge in [0.15, 0.2) is 11.2 Å². The summed E-state index contributed by atoms with van der Waals surface area (Å²) in [6, 6.07) is 5.97. The number of hydrogen-bond acceptors (Lipinski definition) is 7. The molecule has 0 aliphatic carbocycles. The molecule has 2 N–H and O–H groups in total. The largest absolute Gasteiger partial charge is 0.329 e. The van der Waals surface area contributed by atoms with Crippen molar-refractivity contribution >= 4 is 29.0 Å². The maximum Gasteiger partial charge on any atom is 0.329 e. The number of rotatable bonds is 5. The molecular formula is C15H15N7O4. The molecule has 0 saturated heterocycles. The lowest BCUT2D eigenvalue weighted by atomic mass is 10.2.